The van der Waals surface area contributed by atoms with E-state index in [1.54, 1.807) is 0 Å². The van der Waals surface area contributed by atoms with Crippen molar-refractivity contribution < 1.29 is 4.42 Å². The van der Waals surface area contributed by atoms with Crippen molar-refractivity contribution in [1.82, 2.24) is 4.98 Å². The summed E-state index contributed by atoms with van der Waals surface area (Å²) in [4.78, 5) is 11.8. The summed E-state index contributed by atoms with van der Waals surface area (Å²) in [5.74, 6) is 0.710. The predicted molar refractivity (Wildman–Crippen MR) is 119 cm³/mol. The highest BCUT2D eigenvalue weighted by atomic mass is 16.3. The van der Waals surface area contributed by atoms with Crippen LogP contribution in [0.15, 0.2) is 82.2 Å². The molecule has 1 aliphatic carbocycles. The molecular weight excluding hydrogens is 360 g/mol. The first-order valence-electron chi connectivity index (χ1n) is 9.42. The van der Waals surface area contributed by atoms with Gasteiger partial charge >= 0.3 is 0 Å². The van der Waals surface area contributed by atoms with E-state index in [1.165, 1.54) is 0 Å². The fourth-order valence-electron chi connectivity index (χ4n) is 3.48. The van der Waals surface area contributed by atoms with Gasteiger partial charge in [-0.15, -0.1) is 0 Å². The van der Waals surface area contributed by atoms with Gasteiger partial charge in [0.2, 0.25) is 0 Å². The maximum absolute atomic E-state index is 6.27. The molecule has 0 spiro atoms. The largest absolute Gasteiger partial charge is 0.453 e. The molecule has 0 unspecified atom stereocenters. The number of nitrogen functional groups attached to an aromatic ring is 1. The highest BCUT2D eigenvalue weighted by Crippen LogP contribution is 2.31. The van der Waals surface area contributed by atoms with Crippen molar-refractivity contribution in [2.45, 2.75) is 0 Å². The van der Waals surface area contributed by atoms with Crippen molar-refractivity contribution in [3.8, 4) is 11.5 Å². The summed E-state index contributed by atoms with van der Waals surface area (Å²) >= 11 is 0. The van der Waals surface area contributed by atoms with Crippen LogP contribution in [0.2, 0.25) is 0 Å². The first-order valence-corrected chi connectivity index (χ1v) is 9.42. The van der Waals surface area contributed by atoms with Crippen LogP contribution in [0.5, 0.6) is 0 Å². The first kappa shape index (κ1) is 17.3. The summed E-state index contributed by atoms with van der Waals surface area (Å²) in [5, 5.41) is 2.89. The fraction of sp³-hybridized carbons (Fsp3) is 0.0833. The van der Waals surface area contributed by atoms with Crippen molar-refractivity contribution >= 4 is 38.9 Å². The lowest BCUT2D eigenvalue weighted by molar-refractivity contribution is 0.613. The van der Waals surface area contributed by atoms with E-state index >= 15 is 0 Å². The van der Waals surface area contributed by atoms with Crippen LogP contribution in [0.4, 0.5) is 17.1 Å². The SMILES string of the molecule is CN(C)c1ccc2nc3c4ccccc4c(=Nc4ccc(N)cc4)cc-3oc2c1. The quantitative estimate of drug-likeness (QED) is 0.267. The Labute approximate surface area is 168 Å². The molecule has 5 rings (SSSR count). The third-order valence-electron chi connectivity index (χ3n) is 5.01. The van der Waals surface area contributed by atoms with Gasteiger partial charge in [-0.05, 0) is 36.4 Å². The third-order valence-corrected chi connectivity index (χ3v) is 5.01. The first-order chi connectivity index (χ1) is 14.1. The Kier molecular flexibility index (Phi) is 3.95. The number of hydrogen-bond acceptors (Lipinski definition) is 5. The van der Waals surface area contributed by atoms with Gasteiger partial charge in [-0.1, -0.05) is 24.3 Å². The number of nitrogens with zero attached hydrogens (tertiary/aromatic N) is 3. The zero-order chi connectivity index (χ0) is 20.0. The molecule has 0 aromatic heterocycles. The Hall–Kier alpha value is -3.86. The summed E-state index contributed by atoms with van der Waals surface area (Å²) in [6.45, 7) is 0. The minimum absolute atomic E-state index is 0.710. The van der Waals surface area contributed by atoms with Gasteiger partial charge in [0.1, 0.15) is 11.2 Å². The second kappa shape index (κ2) is 6.63. The van der Waals surface area contributed by atoms with Crippen molar-refractivity contribution in [3.63, 3.8) is 0 Å². The molecule has 3 aromatic carbocycles. The molecule has 0 amide bonds. The lowest BCUT2D eigenvalue weighted by atomic mass is 10.0. The Morgan fingerprint density at radius 2 is 1.66 bits per heavy atom. The zero-order valence-electron chi connectivity index (χ0n) is 16.3. The van der Waals surface area contributed by atoms with E-state index in [0.717, 1.165) is 50.0 Å². The van der Waals surface area contributed by atoms with Crippen molar-refractivity contribution in [2.24, 2.45) is 4.99 Å². The summed E-state index contributed by atoms with van der Waals surface area (Å²) in [6.07, 6.45) is 0. The van der Waals surface area contributed by atoms with E-state index in [0.29, 0.717) is 5.76 Å². The molecule has 0 bridgehead atoms. The number of nitrogens with two attached hydrogens (primary N) is 1. The van der Waals surface area contributed by atoms with Gasteiger partial charge < -0.3 is 15.1 Å². The average molecular weight is 380 g/mol. The molecule has 5 nitrogen and oxygen atoms in total. The van der Waals surface area contributed by atoms with Crippen LogP contribution in [-0.2, 0) is 0 Å². The van der Waals surface area contributed by atoms with Crippen LogP contribution in [0.1, 0.15) is 0 Å². The lowest BCUT2D eigenvalue weighted by Gasteiger charge is -2.14. The summed E-state index contributed by atoms with van der Waals surface area (Å²) < 4.78 is 6.27. The van der Waals surface area contributed by atoms with Crippen LogP contribution in [0, 0.1) is 0 Å². The van der Waals surface area contributed by atoms with Gasteiger partial charge in [0.15, 0.2) is 11.3 Å². The molecule has 0 saturated heterocycles. The van der Waals surface area contributed by atoms with Crippen LogP contribution < -0.4 is 16.0 Å². The number of anilines is 2. The topological polar surface area (TPSA) is 67.7 Å². The number of benzene rings is 4. The maximum atomic E-state index is 6.27. The molecule has 0 radical (unpaired) electrons. The van der Waals surface area contributed by atoms with Crippen LogP contribution in [-0.4, -0.2) is 19.1 Å². The molecule has 29 heavy (non-hydrogen) atoms. The predicted octanol–water partition coefficient (Wildman–Crippen LogP) is 4.97. The molecule has 0 fully saturated rings. The van der Waals surface area contributed by atoms with Crippen LogP contribution in [0.25, 0.3) is 33.3 Å². The fourth-order valence-corrected chi connectivity index (χ4v) is 3.48. The Morgan fingerprint density at radius 1 is 0.897 bits per heavy atom. The van der Waals surface area contributed by atoms with Gasteiger partial charge in [0, 0.05) is 48.4 Å². The summed E-state index contributed by atoms with van der Waals surface area (Å²) in [5.41, 5.74) is 10.8. The molecule has 1 heterocycles. The number of fused-ring (bicyclic) bond motifs is 4. The number of aromatic nitrogens is 1. The number of hydrogen-bond donors (Lipinski definition) is 1. The summed E-state index contributed by atoms with van der Waals surface area (Å²) in [7, 11) is 4.01. The smallest absolute Gasteiger partial charge is 0.155 e. The second-order valence-corrected chi connectivity index (χ2v) is 7.25. The Bertz CT molecular complexity index is 1380. The third kappa shape index (κ3) is 3.06. The van der Waals surface area contributed by atoms with E-state index in [2.05, 4.69) is 12.1 Å². The maximum Gasteiger partial charge on any atom is 0.155 e. The number of rotatable bonds is 2. The van der Waals surface area contributed by atoms with E-state index < -0.39 is 0 Å². The second-order valence-electron chi connectivity index (χ2n) is 7.25. The molecule has 0 atom stereocenters. The molecule has 0 saturated carbocycles. The van der Waals surface area contributed by atoms with Gasteiger partial charge in [0.05, 0.1) is 11.0 Å². The van der Waals surface area contributed by atoms with Gasteiger partial charge in [0.25, 0.3) is 0 Å². The van der Waals surface area contributed by atoms with Gasteiger partial charge in [-0.2, -0.15) is 0 Å². The van der Waals surface area contributed by atoms with Gasteiger partial charge in [-0.3, -0.25) is 0 Å². The van der Waals surface area contributed by atoms with Crippen molar-refractivity contribution in [1.29, 1.82) is 0 Å². The molecule has 3 aromatic rings. The van der Waals surface area contributed by atoms with E-state index in [-0.39, 0.29) is 0 Å². The normalized spacial score (nSPS) is 12.1. The standard InChI is InChI=1S/C24H20N4O/c1-28(2)17-11-12-20-22(13-17)29-23-14-21(26-16-9-7-15(25)8-10-16)18-5-3-4-6-19(18)24(23)27-20/h3-14H,25H2,1-2H3. The molecular formula is C24H20N4O. The molecule has 1 aliphatic heterocycles. The minimum atomic E-state index is 0.710. The van der Waals surface area contributed by atoms with Crippen LogP contribution >= 0.6 is 0 Å². The van der Waals surface area contributed by atoms with Crippen molar-refractivity contribution in [2.75, 3.05) is 24.7 Å². The lowest BCUT2D eigenvalue weighted by Crippen LogP contribution is -2.08. The molecule has 142 valence electrons. The highest BCUT2D eigenvalue weighted by Gasteiger charge is 2.15. The Morgan fingerprint density at radius 3 is 2.41 bits per heavy atom. The van der Waals surface area contributed by atoms with E-state index in [9.17, 15) is 0 Å². The van der Waals surface area contributed by atoms with Crippen molar-refractivity contribution in [3.05, 3.63) is 78.2 Å². The monoisotopic (exact) mass is 380 g/mol. The van der Waals surface area contributed by atoms with E-state index in [1.807, 2.05) is 79.7 Å². The molecule has 2 N–H and O–H groups in total. The summed E-state index contributed by atoms with van der Waals surface area (Å²) in [6, 6.07) is 23.7. The highest BCUT2D eigenvalue weighted by molar-refractivity contribution is 5.96. The zero-order valence-corrected chi connectivity index (χ0v) is 16.3. The minimum Gasteiger partial charge on any atom is -0.453 e. The van der Waals surface area contributed by atoms with E-state index in [4.69, 9.17) is 20.1 Å². The van der Waals surface area contributed by atoms with Gasteiger partial charge in [-0.25, -0.2) is 9.98 Å². The average Bonchev–Trinajstić information content (AvgIpc) is 2.74. The molecule has 5 heteroatoms. The molecule has 2 aliphatic rings. The Balaban J connectivity index is 1.84. The van der Waals surface area contributed by atoms with Crippen LogP contribution in [0.3, 0.4) is 0 Å².